The van der Waals surface area contributed by atoms with Crippen molar-refractivity contribution in [2.45, 2.75) is 43.6 Å². The van der Waals surface area contributed by atoms with Crippen LogP contribution in [0.25, 0.3) is 5.57 Å². The molecule has 0 saturated carbocycles. The third-order valence-electron chi connectivity index (χ3n) is 6.86. The van der Waals surface area contributed by atoms with Crippen molar-refractivity contribution in [3.05, 3.63) is 107 Å². The summed E-state index contributed by atoms with van der Waals surface area (Å²) >= 11 is 0. The molecule has 0 aliphatic heterocycles. The number of benzene rings is 2. The molecular weight excluding hydrogens is 494 g/mol. The lowest BCUT2D eigenvalue weighted by atomic mass is 9.75. The Labute approximate surface area is 210 Å². The molecule has 0 fully saturated rings. The van der Waals surface area contributed by atoms with Crippen LogP contribution in [0.4, 0.5) is 26.3 Å². The Balaban J connectivity index is 1.67. The van der Waals surface area contributed by atoms with Crippen molar-refractivity contribution in [3.63, 3.8) is 0 Å². The highest BCUT2D eigenvalue weighted by Gasteiger charge is 2.41. The quantitative estimate of drug-likeness (QED) is 0.333. The fourth-order valence-electron chi connectivity index (χ4n) is 4.81. The Morgan fingerprint density at radius 2 is 1.59 bits per heavy atom. The standard InChI is InChI=1S/C28H24F6N2O/c1-36(25(37)16-19-14-23(27(29,30)31)17-24(15-19)28(32,33)34)26(22-7-3-2-4-8-22)11-9-20(10-12-26)21-6-5-13-35-18-21/h2-9,13-15,17-18H,10-12,16H2,1H3. The molecule has 0 saturated heterocycles. The van der Waals surface area contributed by atoms with Gasteiger partial charge in [-0.05, 0) is 65.8 Å². The first-order chi connectivity index (χ1) is 17.4. The van der Waals surface area contributed by atoms with Gasteiger partial charge in [-0.25, -0.2) is 0 Å². The summed E-state index contributed by atoms with van der Waals surface area (Å²) in [5.74, 6) is -0.575. The van der Waals surface area contributed by atoms with Gasteiger partial charge < -0.3 is 4.90 Å². The van der Waals surface area contributed by atoms with Crippen molar-refractivity contribution in [1.29, 1.82) is 0 Å². The third-order valence-corrected chi connectivity index (χ3v) is 6.86. The van der Waals surface area contributed by atoms with Gasteiger partial charge in [0.05, 0.1) is 23.1 Å². The lowest BCUT2D eigenvalue weighted by molar-refractivity contribution is -0.143. The molecule has 3 nitrogen and oxygen atoms in total. The van der Waals surface area contributed by atoms with Crippen LogP contribution >= 0.6 is 0 Å². The summed E-state index contributed by atoms with van der Waals surface area (Å²) in [4.78, 5) is 19.0. The van der Waals surface area contributed by atoms with E-state index in [9.17, 15) is 31.1 Å². The first-order valence-corrected chi connectivity index (χ1v) is 11.6. The molecule has 1 unspecified atom stereocenters. The topological polar surface area (TPSA) is 33.2 Å². The minimum Gasteiger partial charge on any atom is -0.335 e. The second-order valence-electron chi connectivity index (χ2n) is 9.12. The summed E-state index contributed by atoms with van der Waals surface area (Å²) in [5.41, 5.74) is -1.16. The summed E-state index contributed by atoms with van der Waals surface area (Å²) in [6.45, 7) is 0. The number of aromatic nitrogens is 1. The molecule has 2 aromatic carbocycles. The van der Waals surface area contributed by atoms with E-state index in [1.165, 1.54) is 4.90 Å². The van der Waals surface area contributed by atoms with Crippen LogP contribution in [0.3, 0.4) is 0 Å². The van der Waals surface area contributed by atoms with Gasteiger partial charge in [-0.15, -0.1) is 0 Å². The molecule has 4 rings (SSSR count). The van der Waals surface area contributed by atoms with E-state index in [2.05, 4.69) is 4.98 Å². The van der Waals surface area contributed by atoms with Crippen LogP contribution in [0, 0.1) is 0 Å². The number of carbonyl (C=O) groups is 1. The van der Waals surface area contributed by atoms with Gasteiger partial charge in [0.1, 0.15) is 0 Å². The molecule has 1 aliphatic rings. The third kappa shape index (κ3) is 5.70. The van der Waals surface area contributed by atoms with E-state index < -0.39 is 41.3 Å². The van der Waals surface area contributed by atoms with Crippen LogP contribution in [-0.4, -0.2) is 22.8 Å². The number of amides is 1. The van der Waals surface area contributed by atoms with E-state index >= 15 is 0 Å². The van der Waals surface area contributed by atoms with Gasteiger partial charge in [-0.1, -0.05) is 42.5 Å². The van der Waals surface area contributed by atoms with Gasteiger partial charge >= 0.3 is 12.4 Å². The summed E-state index contributed by atoms with van der Waals surface area (Å²) in [7, 11) is 1.55. The molecule has 1 aromatic heterocycles. The highest BCUT2D eigenvalue weighted by atomic mass is 19.4. The van der Waals surface area contributed by atoms with Crippen LogP contribution < -0.4 is 0 Å². The fourth-order valence-corrected chi connectivity index (χ4v) is 4.81. The number of likely N-dealkylation sites (N-methyl/N-ethyl adjacent to an activating group) is 1. The molecule has 37 heavy (non-hydrogen) atoms. The zero-order chi connectivity index (χ0) is 26.8. The average molecular weight is 519 g/mol. The monoisotopic (exact) mass is 518 g/mol. The second-order valence-corrected chi connectivity index (χ2v) is 9.12. The fraction of sp³-hybridized carbons (Fsp3) is 0.286. The summed E-state index contributed by atoms with van der Waals surface area (Å²) < 4.78 is 79.8. The van der Waals surface area contributed by atoms with Crippen molar-refractivity contribution in [2.24, 2.45) is 0 Å². The van der Waals surface area contributed by atoms with Crippen LogP contribution in [0.5, 0.6) is 0 Å². The maximum atomic E-state index is 13.4. The van der Waals surface area contributed by atoms with E-state index in [0.717, 1.165) is 16.7 Å². The van der Waals surface area contributed by atoms with Crippen molar-refractivity contribution in [2.75, 3.05) is 7.05 Å². The van der Waals surface area contributed by atoms with Crippen LogP contribution in [0.15, 0.2) is 79.1 Å². The van der Waals surface area contributed by atoms with Gasteiger partial charge in [0.2, 0.25) is 5.91 Å². The van der Waals surface area contributed by atoms with Gasteiger partial charge in [-0.3, -0.25) is 9.78 Å². The molecule has 1 aliphatic carbocycles. The lowest BCUT2D eigenvalue weighted by Crippen LogP contribution is -2.48. The Morgan fingerprint density at radius 1 is 0.946 bits per heavy atom. The molecule has 194 valence electrons. The predicted molar refractivity (Wildman–Crippen MR) is 127 cm³/mol. The van der Waals surface area contributed by atoms with Crippen molar-refractivity contribution in [3.8, 4) is 0 Å². The van der Waals surface area contributed by atoms with E-state index in [1.54, 1.807) is 19.4 Å². The predicted octanol–water partition coefficient (Wildman–Crippen LogP) is 7.28. The van der Waals surface area contributed by atoms with E-state index in [4.69, 9.17) is 0 Å². The van der Waals surface area contributed by atoms with Gasteiger partial charge in [-0.2, -0.15) is 26.3 Å². The van der Waals surface area contributed by atoms with E-state index in [0.29, 0.717) is 31.4 Å². The van der Waals surface area contributed by atoms with Crippen molar-refractivity contribution in [1.82, 2.24) is 9.88 Å². The second kappa shape index (κ2) is 10.0. The normalized spacial score (nSPS) is 18.3. The van der Waals surface area contributed by atoms with Crippen LogP contribution in [0.1, 0.15) is 47.1 Å². The SMILES string of the molecule is CN(C(=O)Cc1cc(C(F)(F)F)cc(C(F)(F)F)c1)C1(c2ccccc2)CC=C(c2cccnc2)CC1. The maximum Gasteiger partial charge on any atom is 0.416 e. The van der Waals surface area contributed by atoms with Gasteiger partial charge in [0, 0.05) is 19.4 Å². The Morgan fingerprint density at radius 3 is 2.11 bits per heavy atom. The zero-order valence-electron chi connectivity index (χ0n) is 19.9. The number of allylic oxidation sites excluding steroid dienone is 1. The smallest absolute Gasteiger partial charge is 0.335 e. The minimum atomic E-state index is -4.98. The van der Waals surface area contributed by atoms with Crippen molar-refractivity contribution < 1.29 is 31.1 Å². The molecule has 0 bridgehead atoms. The van der Waals surface area contributed by atoms with Crippen LogP contribution in [0.2, 0.25) is 0 Å². The van der Waals surface area contributed by atoms with E-state index in [1.807, 2.05) is 48.5 Å². The maximum absolute atomic E-state index is 13.4. The molecule has 1 atom stereocenters. The Bertz CT molecular complexity index is 1250. The molecule has 9 heteroatoms. The minimum absolute atomic E-state index is 0.0645. The highest BCUT2D eigenvalue weighted by Crippen LogP contribution is 2.44. The Hall–Kier alpha value is -3.62. The van der Waals surface area contributed by atoms with E-state index in [-0.39, 0.29) is 11.6 Å². The number of nitrogens with zero attached hydrogens (tertiary/aromatic N) is 2. The lowest BCUT2D eigenvalue weighted by Gasteiger charge is -2.45. The molecule has 3 aromatic rings. The average Bonchev–Trinajstić information content (AvgIpc) is 2.88. The molecule has 0 N–H and O–H groups in total. The molecule has 0 radical (unpaired) electrons. The van der Waals surface area contributed by atoms with Crippen molar-refractivity contribution >= 4 is 11.5 Å². The largest absolute Gasteiger partial charge is 0.416 e. The number of carbonyl (C=O) groups excluding carboxylic acids is 1. The number of pyridine rings is 1. The highest BCUT2D eigenvalue weighted by molar-refractivity contribution is 5.80. The van der Waals surface area contributed by atoms with Gasteiger partial charge in [0.15, 0.2) is 0 Å². The number of alkyl halides is 6. The number of halogens is 6. The Kier molecular flexibility index (Phi) is 7.17. The first kappa shape index (κ1) is 26.4. The number of hydrogen-bond acceptors (Lipinski definition) is 2. The molecular formula is C28H24F6N2O. The number of rotatable bonds is 5. The van der Waals surface area contributed by atoms with Gasteiger partial charge in [0.25, 0.3) is 0 Å². The number of hydrogen-bond donors (Lipinski definition) is 0. The molecule has 1 amide bonds. The van der Waals surface area contributed by atoms with Crippen LogP contribution in [-0.2, 0) is 29.1 Å². The first-order valence-electron chi connectivity index (χ1n) is 11.6. The summed E-state index contributed by atoms with van der Waals surface area (Å²) in [5, 5.41) is 0. The zero-order valence-corrected chi connectivity index (χ0v) is 19.9. The summed E-state index contributed by atoms with van der Waals surface area (Å²) in [6.07, 6.45) is -3.55. The summed E-state index contributed by atoms with van der Waals surface area (Å²) in [6, 6.07) is 14.3. The molecule has 1 heterocycles. The molecule has 0 spiro atoms.